The molecule has 0 unspecified atom stereocenters. The van der Waals surface area contributed by atoms with Gasteiger partial charge in [0.25, 0.3) is 0 Å². The van der Waals surface area contributed by atoms with E-state index in [1.54, 1.807) is 6.20 Å². The molecule has 1 saturated heterocycles. The van der Waals surface area contributed by atoms with Crippen molar-refractivity contribution in [3.8, 4) is 0 Å². The van der Waals surface area contributed by atoms with Crippen molar-refractivity contribution in [2.75, 3.05) is 13.1 Å². The average Bonchev–Trinajstić information content (AvgIpc) is 2.38. The number of piperidine rings is 1. The molecule has 0 aliphatic carbocycles. The van der Waals surface area contributed by atoms with Crippen LogP contribution < -0.4 is 4.72 Å². The summed E-state index contributed by atoms with van der Waals surface area (Å²) in [4.78, 5) is 6.35. The van der Waals surface area contributed by atoms with Crippen molar-refractivity contribution in [2.45, 2.75) is 25.4 Å². The number of halogens is 1. The molecular formula is C13H18BrN3O2S. The first-order valence-corrected chi connectivity index (χ1v) is 8.80. The van der Waals surface area contributed by atoms with E-state index in [2.05, 4.69) is 37.1 Å². The lowest BCUT2D eigenvalue weighted by Crippen LogP contribution is -2.46. The first-order chi connectivity index (χ1) is 9.48. The Hall–Kier alpha value is -0.760. The topological polar surface area (TPSA) is 62.3 Å². The van der Waals surface area contributed by atoms with Crippen molar-refractivity contribution in [2.24, 2.45) is 0 Å². The number of pyridine rings is 1. The van der Waals surface area contributed by atoms with Crippen LogP contribution in [0.25, 0.3) is 0 Å². The molecule has 1 aromatic rings. The van der Waals surface area contributed by atoms with E-state index in [0.717, 1.165) is 35.9 Å². The standard InChI is InChI=1S/C13H18BrN3O2S/c1-2-20(18,19)16-12-4-3-7-17(10-12)9-11-5-6-15-13(14)8-11/h2,5-6,8,12,16H,1,3-4,7,9-10H2/t12-/m1/s1. The highest BCUT2D eigenvalue weighted by molar-refractivity contribution is 9.10. The normalized spacial score (nSPS) is 20.8. The molecule has 0 spiro atoms. The minimum absolute atomic E-state index is 0.0444. The molecule has 5 nitrogen and oxygen atoms in total. The fourth-order valence-corrected chi connectivity index (χ4v) is 3.54. The van der Waals surface area contributed by atoms with Crippen LogP contribution in [0.2, 0.25) is 0 Å². The number of rotatable bonds is 5. The van der Waals surface area contributed by atoms with Gasteiger partial charge in [-0.15, -0.1) is 0 Å². The van der Waals surface area contributed by atoms with Gasteiger partial charge in [0.15, 0.2) is 0 Å². The van der Waals surface area contributed by atoms with Crippen LogP contribution in [0.15, 0.2) is 34.9 Å². The van der Waals surface area contributed by atoms with E-state index in [1.807, 2.05) is 12.1 Å². The largest absolute Gasteiger partial charge is 0.297 e. The van der Waals surface area contributed by atoms with E-state index in [0.29, 0.717) is 6.54 Å². The quantitative estimate of drug-likeness (QED) is 0.815. The van der Waals surface area contributed by atoms with Gasteiger partial charge in [-0.2, -0.15) is 0 Å². The molecule has 1 aromatic heterocycles. The van der Waals surface area contributed by atoms with Crippen LogP contribution in [-0.4, -0.2) is 37.4 Å². The molecular weight excluding hydrogens is 342 g/mol. The zero-order valence-electron chi connectivity index (χ0n) is 11.1. The predicted octanol–water partition coefficient (Wildman–Crippen LogP) is 1.87. The van der Waals surface area contributed by atoms with Crippen molar-refractivity contribution < 1.29 is 8.42 Å². The van der Waals surface area contributed by atoms with Crippen molar-refractivity contribution >= 4 is 26.0 Å². The van der Waals surface area contributed by atoms with Gasteiger partial charge in [-0.1, -0.05) is 6.58 Å². The number of nitrogens with one attached hydrogen (secondary N) is 1. The third-order valence-corrected chi connectivity index (χ3v) is 4.79. The number of sulfonamides is 1. The van der Waals surface area contributed by atoms with Gasteiger partial charge in [-0.25, -0.2) is 18.1 Å². The van der Waals surface area contributed by atoms with Crippen LogP contribution in [0, 0.1) is 0 Å². The first kappa shape index (κ1) is 15.6. The minimum Gasteiger partial charge on any atom is -0.297 e. The first-order valence-electron chi connectivity index (χ1n) is 6.46. The van der Waals surface area contributed by atoms with Gasteiger partial charge in [0.1, 0.15) is 4.60 Å². The maximum absolute atomic E-state index is 11.5. The number of hydrogen-bond donors (Lipinski definition) is 1. The molecule has 1 aliphatic heterocycles. The highest BCUT2D eigenvalue weighted by Gasteiger charge is 2.22. The molecule has 110 valence electrons. The number of aromatic nitrogens is 1. The van der Waals surface area contributed by atoms with E-state index in [-0.39, 0.29) is 6.04 Å². The predicted molar refractivity (Wildman–Crippen MR) is 82.5 cm³/mol. The number of hydrogen-bond acceptors (Lipinski definition) is 4. The summed E-state index contributed by atoms with van der Waals surface area (Å²) >= 11 is 3.36. The Morgan fingerprint density at radius 3 is 3.10 bits per heavy atom. The highest BCUT2D eigenvalue weighted by atomic mass is 79.9. The lowest BCUT2D eigenvalue weighted by molar-refractivity contribution is 0.194. The lowest BCUT2D eigenvalue weighted by atomic mass is 10.1. The SMILES string of the molecule is C=CS(=O)(=O)N[C@@H]1CCCN(Cc2ccnc(Br)c2)C1. The third-order valence-electron chi connectivity index (χ3n) is 3.25. The summed E-state index contributed by atoms with van der Waals surface area (Å²) in [5.41, 5.74) is 1.17. The Morgan fingerprint density at radius 2 is 2.40 bits per heavy atom. The number of nitrogens with zero attached hydrogens (tertiary/aromatic N) is 2. The van der Waals surface area contributed by atoms with Gasteiger partial charge < -0.3 is 0 Å². The molecule has 0 saturated carbocycles. The molecule has 1 atom stereocenters. The van der Waals surface area contributed by atoms with Crippen molar-refractivity contribution in [1.82, 2.24) is 14.6 Å². The van der Waals surface area contributed by atoms with E-state index in [1.165, 1.54) is 5.56 Å². The zero-order valence-corrected chi connectivity index (χ0v) is 13.5. The van der Waals surface area contributed by atoms with Gasteiger partial charge in [0.2, 0.25) is 10.0 Å². The zero-order chi connectivity index (χ0) is 14.6. The minimum atomic E-state index is -3.35. The van der Waals surface area contributed by atoms with Crippen LogP contribution >= 0.6 is 15.9 Å². The molecule has 20 heavy (non-hydrogen) atoms. The maximum Gasteiger partial charge on any atom is 0.233 e. The summed E-state index contributed by atoms with van der Waals surface area (Å²) in [5, 5.41) is 0.964. The number of likely N-dealkylation sites (tertiary alicyclic amines) is 1. The van der Waals surface area contributed by atoms with Crippen LogP contribution in [-0.2, 0) is 16.6 Å². The van der Waals surface area contributed by atoms with Gasteiger partial charge in [0.05, 0.1) is 0 Å². The van der Waals surface area contributed by atoms with Crippen LogP contribution in [0.3, 0.4) is 0 Å². The van der Waals surface area contributed by atoms with Gasteiger partial charge in [-0.3, -0.25) is 4.90 Å². The van der Waals surface area contributed by atoms with Crippen molar-refractivity contribution in [1.29, 1.82) is 0 Å². The average molecular weight is 360 g/mol. The Labute approximate surface area is 128 Å². The van der Waals surface area contributed by atoms with Crippen LogP contribution in [0.5, 0.6) is 0 Å². The smallest absolute Gasteiger partial charge is 0.233 e. The third kappa shape index (κ3) is 4.66. The second-order valence-electron chi connectivity index (χ2n) is 4.89. The molecule has 2 heterocycles. The fourth-order valence-electron chi connectivity index (χ4n) is 2.37. The van der Waals surface area contributed by atoms with E-state index >= 15 is 0 Å². The molecule has 1 aliphatic rings. The molecule has 0 aromatic carbocycles. The molecule has 1 N–H and O–H groups in total. The van der Waals surface area contributed by atoms with E-state index in [9.17, 15) is 8.42 Å². The Kier molecular flexibility index (Phi) is 5.31. The Bertz CT molecular complexity index is 577. The monoisotopic (exact) mass is 359 g/mol. The maximum atomic E-state index is 11.5. The molecule has 0 bridgehead atoms. The Balaban J connectivity index is 1.95. The summed E-state index contributed by atoms with van der Waals surface area (Å²) in [6.45, 7) is 5.81. The van der Waals surface area contributed by atoms with Gasteiger partial charge in [-0.05, 0) is 53.0 Å². The highest BCUT2D eigenvalue weighted by Crippen LogP contribution is 2.16. The molecule has 7 heteroatoms. The molecule has 2 rings (SSSR count). The molecule has 0 radical (unpaired) electrons. The second kappa shape index (κ2) is 6.80. The van der Waals surface area contributed by atoms with Crippen LogP contribution in [0.1, 0.15) is 18.4 Å². The summed E-state index contributed by atoms with van der Waals surface area (Å²) in [6.07, 6.45) is 3.61. The second-order valence-corrected chi connectivity index (χ2v) is 7.36. The summed E-state index contributed by atoms with van der Waals surface area (Å²) in [5.74, 6) is 0. The van der Waals surface area contributed by atoms with Gasteiger partial charge in [0, 0.05) is 30.7 Å². The molecule has 1 fully saturated rings. The summed E-state index contributed by atoms with van der Waals surface area (Å²) in [7, 11) is -3.35. The van der Waals surface area contributed by atoms with E-state index in [4.69, 9.17) is 0 Å². The molecule has 0 amide bonds. The summed E-state index contributed by atoms with van der Waals surface area (Å²) < 4.78 is 26.5. The van der Waals surface area contributed by atoms with Crippen molar-refractivity contribution in [3.63, 3.8) is 0 Å². The fraction of sp³-hybridized carbons (Fsp3) is 0.462. The Morgan fingerprint density at radius 1 is 1.60 bits per heavy atom. The van der Waals surface area contributed by atoms with E-state index < -0.39 is 10.0 Å². The summed E-state index contributed by atoms with van der Waals surface area (Å²) in [6, 6.07) is 3.91. The van der Waals surface area contributed by atoms with Gasteiger partial charge >= 0.3 is 0 Å². The van der Waals surface area contributed by atoms with Crippen molar-refractivity contribution in [3.05, 3.63) is 40.5 Å². The van der Waals surface area contributed by atoms with Crippen LogP contribution in [0.4, 0.5) is 0 Å². The lowest BCUT2D eigenvalue weighted by Gasteiger charge is -2.32.